The number of nitro benzene ring substituents is 1. The highest BCUT2D eigenvalue weighted by Gasteiger charge is 2.16. The summed E-state index contributed by atoms with van der Waals surface area (Å²) in [5.41, 5.74) is 4.30. The molecule has 0 spiro atoms. The van der Waals surface area contributed by atoms with Crippen LogP contribution >= 0.6 is 11.6 Å². The summed E-state index contributed by atoms with van der Waals surface area (Å²) in [6.07, 6.45) is 3.34. The van der Waals surface area contributed by atoms with Crippen molar-refractivity contribution in [2.75, 3.05) is 5.32 Å². The third-order valence-electron chi connectivity index (χ3n) is 5.36. The second-order valence-corrected chi connectivity index (χ2v) is 8.20. The van der Waals surface area contributed by atoms with Crippen molar-refractivity contribution < 1.29 is 9.72 Å². The van der Waals surface area contributed by atoms with E-state index in [1.165, 1.54) is 28.6 Å². The number of aromatic nitrogens is 3. The fourth-order valence-electron chi connectivity index (χ4n) is 3.52. The van der Waals surface area contributed by atoms with Gasteiger partial charge in [0.1, 0.15) is 11.0 Å². The summed E-state index contributed by atoms with van der Waals surface area (Å²) in [5, 5.41) is 23.1. The quantitative estimate of drug-likeness (QED) is 0.272. The van der Waals surface area contributed by atoms with Gasteiger partial charge in [0.25, 0.3) is 11.6 Å². The number of anilines is 1. The maximum atomic E-state index is 12.7. The van der Waals surface area contributed by atoms with Crippen molar-refractivity contribution in [1.82, 2.24) is 15.0 Å². The van der Waals surface area contributed by atoms with Crippen LogP contribution in [0.15, 0.2) is 54.6 Å². The lowest BCUT2D eigenvalue weighted by molar-refractivity contribution is -0.385. The predicted molar refractivity (Wildman–Crippen MR) is 128 cm³/mol. The Bertz CT molecular complexity index is 1350. The Hall–Kier alpha value is -3.78. The zero-order chi connectivity index (χ0) is 23.5. The molecule has 0 aliphatic carbocycles. The first-order valence-electron chi connectivity index (χ1n) is 10.6. The van der Waals surface area contributed by atoms with Crippen LogP contribution in [0.25, 0.3) is 16.7 Å². The molecule has 0 aliphatic heterocycles. The molecule has 3 aromatic carbocycles. The van der Waals surface area contributed by atoms with Gasteiger partial charge in [-0.3, -0.25) is 14.9 Å². The van der Waals surface area contributed by atoms with E-state index in [-0.39, 0.29) is 5.69 Å². The van der Waals surface area contributed by atoms with Gasteiger partial charge < -0.3 is 5.32 Å². The van der Waals surface area contributed by atoms with E-state index in [0.29, 0.717) is 32.9 Å². The zero-order valence-corrected chi connectivity index (χ0v) is 19.0. The third kappa shape index (κ3) is 4.85. The fraction of sp³-hybridized carbons (Fsp3) is 0.208. The topological polar surface area (TPSA) is 103 Å². The number of carbonyl (C=O) groups excluding carboxylic acids is 1. The van der Waals surface area contributed by atoms with Crippen LogP contribution in [-0.4, -0.2) is 25.8 Å². The molecular formula is C24H22ClN5O3. The number of carbonyl (C=O) groups is 1. The molecule has 9 heteroatoms. The monoisotopic (exact) mass is 463 g/mol. The number of nitro groups is 1. The van der Waals surface area contributed by atoms with Crippen molar-refractivity contribution in [3.05, 3.63) is 86.4 Å². The number of benzene rings is 3. The van der Waals surface area contributed by atoms with E-state index in [4.69, 9.17) is 11.6 Å². The molecule has 0 unspecified atom stereocenters. The lowest BCUT2D eigenvalue weighted by Crippen LogP contribution is -2.12. The summed E-state index contributed by atoms with van der Waals surface area (Å²) in [7, 11) is 0. The normalized spacial score (nSPS) is 11.0. The van der Waals surface area contributed by atoms with Crippen LogP contribution in [0, 0.1) is 17.0 Å². The first-order valence-corrected chi connectivity index (χ1v) is 11.0. The van der Waals surface area contributed by atoms with Gasteiger partial charge in [-0.2, -0.15) is 4.80 Å². The molecule has 33 heavy (non-hydrogen) atoms. The van der Waals surface area contributed by atoms with Crippen molar-refractivity contribution in [2.24, 2.45) is 0 Å². The zero-order valence-electron chi connectivity index (χ0n) is 18.2. The van der Waals surface area contributed by atoms with E-state index in [9.17, 15) is 14.9 Å². The van der Waals surface area contributed by atoms with Crippen molar-refractivity contribution in [2.45, 2.75) is 33.1 Å². The van der Waals surface area contributed by atoms with E-state index in [0.717, 1.165) is 24.9 Å². The smallest absolute Gasteiger partial charge is 0.272 e. The molecule has 8 nitrogen and oxygen atoms in total. The number of unbranched alkanes of at least 4 members (excludes halogenated alkanes) is 1. The molecule has 0 atom stereocenters. The highest BCUT2D eigenvalue weighted by molar-refractivity contribution is 6.34. The molecule has 0 saturated carbocycles. The van der Waals surface area contributed by atoms with Crippen molar-refractivity contribution in [3.63, 3.8) is 0 Å². The van der Waals surface area contributed by atoms with E-state index in [2.05, 4.69) is 34.6 Å². The van der Waals surface area contributed by atoms with Gasteiger partial charge in [0, 0.05) is 17.2 Å². The van der Waals surface area contributed by atoms with Crippen molar-refractivity contribution >= 4 is 39.9 Å². The van der Waals surface area contributed by atoms with Gasteiger partial charge in [-0.15, -0.1) is 10.2 Å². The van der Waals surface area contributed by atoms with Gasteiger partial charge >= 0.3 is 0 Å². The van der Waals surface area contributed by atoms with Gasteiger partial charge in [-0.05, 0) is 61.7 Å². The van der Waals surface area contributed by atoms with Gasteiger partial charge in [0.15, 0.2) is 0 Å². The molecule has 1 aromatic heterocycles. The lowest BCUT2D eigenvalue weighted by atomic mass is 10.1. The van der Waals surface area contributed by atoms with Gasteiger partial charge in [0.2, 0.25) is 0 Å². The largest absolute Gasteiger partial charge is 0.321 e. The standard InChI is InChI=1S/C24H22ClN5O3/c1-3-4-5-16-6-9-18(10-7-16)29-27-21-13-19(25)20(14-22(21)28-29)26-24(31)17-8-11-23(30(32)33)15(2)12-17/h6-14H,3-5H2,1-2H3,(H,26,31). The fourth-order valence-corrected chi connectivity index (χ4v) is 3.73. The Balaban J connectivity index is 1.57. The minimum atomic E-state index is -0.482. The SMILES string of the molecule is CCCCc1ccc(-n2nc3cc(Cl)c(NC(=O)c4ccc([N+](=O)[O-])c(C)c4)cc3n2)cc1. The van der Waals surface area contributed by atoms with Gasteiger partial charge in [0.05, 0.1) is 21.3 Å². The van der Waals surface area contributed by atoms with Gasteiger partial charge in [-0.1, -0.05) is 37.1 Å². The van der Waals surface area contributed by atoms with E-state index >= 15 is 0 Å². The molecule has 0 fully saturated rings. The number of hydrogen-bond donors (Lipinski definition) is 1. The summed E-state index contributed by atoms with van der Waals surface area (Å²) in [6.45, 7) is 3.75. The lowest BCUT2D eigenvalue weighted by Gasteiger charge is -2.08. The first-order chi connectivity index (χ1) is 15.9. The molecule has 1 N–H and O–H groups in total. The van der Waals surface area contributed by atoms with Gasteiger partial charge in [-0.25, -0.2) is 0 Å². The summed E-state index contributed by atoms with van der Waals surface area (Å²) in [5.74, 6) is -0.427. The summed E-state index contributed by atoms with van der Waals surface area (Å²) < 4.78 is 0. The molecule has 1 amide bonds. The molecule has 0 bridgehead atoms. The van der Waals surface area contributed by atoms with Crippen LogP contribution in [0.3, 0.4) is 0 Å². The van der Waals surface area contributed by atoms with E-state index in [1.54, 1.807) is 19.1 Å². The molecule has 4 rings (SSSR count). The summed E-state index contributed by atoms with van der Waals surface area (Å²) in [4.78, 5) is 24.7. The first kappa shape index (κ1) is 22.4. The number of hydrogen-bond acceptors (Lipinski definition) is 5. The highest BCUT2D eigenvalue weighted by Crippen LogP contribution is 2.28. The Morgan fingerprint density at radius 2 is 1.79 bits per heavy atom. The second-order valence-electron chi connectivity index (χ2n) is 7.79. The number of nitrogens with one attached hydrogen (secondary N) is 1. The van der Waals surface area contributed by atoms with Crippen LogP contribution in [0.1, 0.15) is 41.3 Å². The Labute approximate surface area is 195 Å². The number of rotatable bonds is 7. The average Bonchev–Trinajstić information content (AvgIpc) is 3.20. The van der Waals surface area contributed by atoms with Crippen LogP contribution < -0.4 is 5.32 Å². The summed E-state index contributed by atoms with van der Waals surface area (Å²) >= 11 is 6.38. The van der Waals surface area contributed by atoms with Crippen LogP contribution in [0.4, 0.5) is 11.4 Å². The molecular weight excluding hydrogens is 442 g/mol. The molecule has 168 valence electrons. The Morgan fingerprint density at radius 1 is 1.09 bits per heavy atom. The third-order valence-corrected chi connectivity index (χ3v) is 5.67. The van der Waals surface area contributed by atoms with E-state index in [1.807, 2.05) is 12.1 Å². The number of amides is 1. The van der Waals surface area contributed by atoms with Crippen LogP contribution in [-0.2, 0) is 6.42 Å². The Kier molecular flexibility index (Phi) is 6.37. The minimum Gasteiger partial charge on any atom is -0.321 e. The minimum absolute atomic E-state index is 0.0407. The number of nitrogens with zero attached hydrogens (tertiary/aromatic N) is 4. The molecule has 1 heterocycles. The number of fused-ring (bicyclic) bond motifs is 1. The van der Waals surface area contributed by atoms with E-state index < -0.39 is 10.8 Å². The molecule has 4 aromatic rings. The van der Waals surface area contributed by atoms with Crippen LogP contribution in [0.2, 0.25) is 5.02 Å². The maximum Gasteiger partial charge on any atom is 0.272 e. The Morgan fingerprint density at radius 3 is 2.42 bits per heavy atom. The molecule has 0 radical (unpaired) electrons. The van der Waals surface area contributed by atoms with Crippen molar-refractivity contribution in [1.29, 1.82) is 0 Å². The second kappa shape index (κ2) is 9.38. The highest BCUT2D eigenvalue weighted by atomic mass is 35.5. The number of halogens is 1. The summed E-state index contributed by atoms with van der Waals surface area (Å²) in [6, 6.07) is 15.6. The number of aryl methyl sites for hydroxylation is 2. The van der Waals surface area contributed by atoms with Crippen molar-refractivity contribution in [3.8, 4) is 5.69 Å². The maximum absolute atomic E-state index is 12.7. The van der Waals surface area contributed by atoms with Crippen LogP contribution in [0.5, 0.6) is 0 Å². The molecule has 0 aliphatic rings. The molecule has 0 saturated heterocycles. The predicted octanol–water partition coefficient (Wildman–Crippen LogP) is 5.89. The average molecular weight is 464 g/mol.